The van der Waals surface area contributed by atoms with Gasteiger partial charge in [0.15, 0.2) is 0 Å². The first-order valence-corrected chi connectivity index (χ1v) is 4.60. The van der Waals surface area contributed by atoms with E-state index in [0.29, 0.717) is 5.69 Å². The van der Waals surface area contributed by atoms with E-state index in [-0.39, 0.29) is 6.61 Å². The quantitative estimate of drug-likeness (QED) is 0.756. The van der Waals surface area contributed by atoms with Gasteiger partial charge in [-0.1, -0.05) is 23.4 Å². The molecule has 1 heterocycles. The monoisotopic (exact) mass is 204 g/mol. The first-order valence-electron chi connectivity index (χ1n) is 4.60. The molecule has 2 rings (SSSR count). The molecule has 0 unspecified atom stereocenters. The maximum atomic E-state index is 4.96. The molecule has 1 aromatic carbocycles. The van der Waals surface area contributed by atoms with Gasteiger partial charge in [-0.2, -0.15) is 0 Å². The van der Waals surface area contributed by atoms with Crippen LogP contribution in [-0.2, 0) is 11.4 Å². The largest absolute Gasteiger partial charge is 0.298 e. The molecule has 0 atom stereocenters. The Kier molecular flexibility index (Phi) is 2.75. The van der Waals surface area contributed by atoms with Gasteiger partial charge in [0.05, 0.1) is 11.9 Å². The Morgan fingerprint density at radius 3 is 2.93 bits per heavy atom. The van der Waals surface area contributed by atoms with Crippen molar-refractivity contribution in [2.75, 3.05) is 0 Å². The lowest BCUT2D eigenvalue weighted by Gasteiger charge is -2.02. The van der Waals surface area contributed by atoms with Crippen molar-refractivity contribution >= 4 is 0 Å². The van der Waals surface area contributed by atoms with Crippen LogP contribution in [0.3, 0.4) is 0 Å². The average molecular weight is 204 g/mol. The standard InChI is InChI=1S/C10H12N4O/c1-8-4-2-3-5-10(8)14-6-9(7-15-11)12-13-14/h2-6H,7,11H2,1H3. The zero-order valence-electron chi connectivity index (χ0n) is 8.42. The molecule has 0 aliphatic rings. The Morgan fingerprint density at radius 1 is 1.40 bits per heavy atom. The van der Waals surface area contributed by atoms with Crippen molar-refractivity contribution in [3.8, 4) is 5.69 Å². The molecule has 0 aliphatic heterocycles. The average Bonchev–Trinajstić information content (AvgIpc) is 2.68. The van der Waals surface area contributed by atoms with Crippen LogP contribution in [0.5, 0.6) is 0 Å². The van der Waals surface area contributed by atoms with Crippen LogP contribution in [0.2, 0.25) is 0 Å². The van der Waals surface area contributed by atoms with E-state index >= 15 is 0 Å². The zero-order valence-corrected chi connectivity index (χ0v) is 8.42. The van der Waals surface area contributed by atoms with Gasteiger partial charge >= 0.3 is 0 Å². The normalized spacial score (nSPS) is 10.5. The second kappa shape index (κ2) is 4.20. The molecule has 2 aromatic rings. The molecular weight excluding hydrogens is 192 g/mol. The first kappa shape index (κ1) is 9.82. The Morgan fingerprint density at radius 2 is 2.20 bits per heavy atom. The first-order chi connectivity index (χ1) is 7.31. The zero-order chi connectivity index (χ0) is 10.7. The Bertz CT molecular complexity index is 452. The van der Waals surface area contributed by atoms with Gasteiger partial charge < -0.3 is 0 Å². The molecule has 0 bridgehead atoms. The predicted octanol–water partition coefficient (Wildman–Crippen LogP) is 0.966. The molecule has 0 saturated carbocycles. The van der Waals surface area contributed by atoms with Crippen molar-refractivity contribution < 1.29 is 4.84 Å². The Balaban J connectivity index is 2.33. The summed E-state index contributed by atoms with van der Waals surface area (Å²) in [7, 11) is 0. The van der Waals surface area contributed by atoms with Crippen LogP contribution >= 0.6 is 0 Å². The van der Waals surface area contributed by atoms with Gasteiger partial charge in [0, 0.05) is 0 Å². The number of aryl methyl sites for hydroxylation is 1. The molecule has 0 fully saturated rings. The molecule has 0 spiro atoms. The molecule has 5 nitrogen and oxygen atoms in total. The van der Waals surface area contributed by atoms with Gasteiger partial charge in [-0.25, -0.2) is 10.6 Å². The molecule has 2 N–H and O–H groups in total. The summed E-state index contributed by atoms with van der Waals surface area (Å²) in [5, 5.41) is 7.93. The maximum Gasteiger partial charge on any atom is 0.113 e. The van der Waals surface area contributed by atoms with Crippen LogP contribution in [0.15, 0.2) is 30.5 Å². The minimum atomic E-state index is 0.270. The van der Waals surface area contributed by atoms with Gasteiger partial charge in [0.2, 0.25) is 0 Å². The van der Waals surface area contributed by atoms with E-state index in [1.54, 1.807) is 10.9 Å². The van der Waals surface area contributed by atoms with Crippen molar-refractivity contribution in [2.24, 2.45) is 5.90 Å². The van der Waals surface area contributed by atoms with Crippen LogP contribution in [0.4, 0.5) is 0 Å². The summed E-state index contributed by atoms with van der Waals surface area (Å²) in [4.78, 5) is 4.49. The fourth-order valence-electron chi connectivity index (χ4n) is 1.39. The molecule has 0 radical (unpaired) electrons. The van der Waals surface area contributed by atoms with Gasteiger partial charge in [-0.3, -0.25) is 4.84 Å². The van der Waals surface area contributed by atoms with Crippen LogP contribution in [0, 0.1) is 6.92 Å². The van der Waals surface area contributed by atoms with E-state index in [1.807, 2.05) is 31.2 Å². The summed E-state index contributed by atoms with van der Waals surface area (Å²) in [5.74, 6) is 4.96. The van der Waals surface area contributed by atoms with Crippen molar-refractivity contribution in [3.63, 3.8) is 0 Å². The second-order valence-corrected chi connectivity index (χ2v) is 3.25. The number of rotatable bonds is 3. The topological polar surface area (TPSA) is 66.0 Å². The molecule has 0 amide bonds. The highest BCUT2D eigenvalue weighted by Crippen LogP contribution is 2.11. The third-order valence-electron chi connectivity index (χ3n) is 2.13. The molecule has 78 valence electrons. The Labute approximate surface area is 87.4 Å². The van der Waals surface area contributed by atoms with Crippen molar-refractivity contribution in [1.82, 2.24) is 15.0 Å². The number of hydrogen-bond donors (Lipinski definition) is 1. The van der Waals surface area contributed by atoms with Crippen LogP contribution in [0.1, 0.15) is 11.3 Å². The fraction of sp³-hybridized carbons (Fsp3) is 0.200. The molecule has 0 aliphatic carbocycles. The summed E-state index contributed by atoms with van der Waals surface area (Å²) < 4.78 is 1.71. The molecular formula is C10H12N4O. The lowest BCUT2D eigenvalue weighted by atomic mass is 10.2. The molecule has 1 aromatic heterocycles. The van der Waals surface area contributed by atoms with E-state index in [1.165, 1.54) is 0 Å². The molecule has 0 saturated heterocycles. The molecule has 5 heteroatoms. The van der Waals surface area contributed by atoms with Crippen LogP contribution in [-0.4, -0.2) is 15.0 Å². The van der Waals surface area contributed by atoms with Crippen LogP contribution < -0.4 is 5.90 Å². The third-order valence-corrected chi connectivity index (χ3v) is 2.13. The van der Waals surface area contributed by atoms with E-state index in [0.717, 1.165) is 11.3 Å². The number of nitrogens with two attached hydrogens (primary N) is 1. The number of hydrogen-bond acceptors (Lipinski definition) is 4. The van der Waals surface area contributed by atoms with E-state index in [4.69, 9.17) is 5.90 Å². The number of benzene rings is 1. The smallest absolute Gasteiger partial charge is 0.113 e. The lowest BCUT2D eigenvalue weighted by Crippen LogP contribution is -1.99. The predicted molar refractivity (Wildman–Crippen MR) is 55.1 cm³/mol. The maximum absolute atomic E-state index is 4.96. The summed E-state index contributed by atoms with van der Waals surface area (Å²) in [6.07, 6.45) is 1.80. The highest BCUT2D eigenvalue weighted by molar-refractivity contribution is 5.38. The highest BCUT2D eigenvalue weighted by Gasteiger charge is 2.04. The minimum absolute atomic E-state index is 0.270. The van der Waals surface area contributed by atoms with Crippen molar-refractivity contribution in [1.29, 1.82) is 0 Å². The van der Waals surface area contributed by atoms with Crippen LogP contribution in [0.25, 0.3) is 5.69 Å². The SMILES string of the molecule is Cc1ccccc1-n1cc(CON)nn1. The van der Waals surface area contributed by atoms with Gasteiger partial charge in [-0.05, 0) is 18.6 Å². The molecule has 15 heavy (non-hydrogen) atoms. The Hall–Kier alpha value is -1.72. The van der Waals surface area contributed by atoms with Crippen molar-refractivity contribution in [3.05, 3.63) is 41.7 Å². The fourth-order valence-corrected chi connectivity index (χ4v) is 1.39. The van der Waals surface area contributed by atoms with Gasteiger partial charge in [0.1, 0.15) is 12.3 Å². The summed E-state index contributed by atoms with van der Waals surface area (Å²) in [6, 6.07) is 7.95. The summed E-state index contributed by atoms with van der Waals surface area (Å²) in [5.41, 5.74) is 2.86. The van der Waals surface area contributed by atoms with Gasteiger partial charge in [0.25, 0.3) is 0 Å². The minimum Gasteiger partial charge on any atom is -0.298 e. The number of aromatic nitrogens is 3. The second-order valence-electron chi connectivity index (χ2n) is 3.25. The lowest BCUT2D eigenvalue weighted by molar-refractivity contribution is 0.121. The number of nitrogens with zero attached hydrogens (tertiary/aromatic N) is 3. The van der Waals surface area contributed by atoms with E-state index < -0.39 is 0 Å². The van der Waals surface area contributed by atoms with E-state index in [2.05, 4.69) is 15.1 Å². The highest BCUT2D eigenvalue weighted by atomic mass is 16.6. The summed E-state index contributed by atoms with van der Waals surface area (Å²) >= 11 is 0. The van der Waals surface area contributed by atoms with E-state index in [9.17, 15) is 0 Å². The number of para-hydroxylation sites is 1. The third kappa shape index (κ3) is 2.03. The summed E-state index contributed by atoms with van der Waals surface area (Å²) in [6.45, 7) is 2.29. The van der Waals surface area contributed by atoms with Gasteiger partial charge in [-0.15, -0.1) is 5.10 Å². The van der Waals surface area contributed by atoms with Crippen molar-refractivity contribution in [2.45, 2.75) is 13.5 Å².